The van der Waals surface area contributed by atoms with Crippen LogP contribution in [0, 0.1) is 5.21 Å². The molecule has 0 aromatic carbocycles. The van der Waals surface area contributed by atoms with Gasteiger partial charge in [0.05, 0.1) is 11.5 Å². The van der Waals surface area contributed by atoms with Crippen LogP contribution in [0.2, 0.25) is 0 Å². The molecule has 0 radical (unpaired) electrons. The van der Waals surface area contributed by atoms with E-state index in [4.69, 9.17) is 0 Å². The van der Waals surface area contributed by atoms with Crippen molar-refractivity contribution in [1.29, 1.82) is 0 Å². The van der Waals surface area contributed by atoms with Crippen LogP contribution in [0.3, 0.4) is 0 Å². The van der Waals surface area contributed by atoms with Crippen LogP contribution < -0.4 is 10.2 Å². The van der Waals surface area contributed by atoms with Gasteiger partial charge in [-0.1, -0.05) is 0 Å². The first-order valence-electron chi connectivity index (χ1n) is 7.00. The zero-order valence-corrected chi connectivity index (χ0v) is 12.1. The van der Waals surface area contributed by atoms with Gasteiger partial charge in [-0.3, -0.25) is 14.4 Å². The Hall–Kier alpha value is -3.23. The van der Waals surface area contributed by atoms with Crippen LogP contribution in [0.5, 0.6) is 0 Å². The van der Waals surface area contributed by atoms with Gasteiger partial charge in [-0.2, -0.15) is 0 Å². The van der Waals surface area contributed by atoms with Crippen molar-refractivity contribution in [1.82, 2.24) is 25.0 Å². The molecular formula is C14H14N6O3. The number of imidazole rings is 1. The quantitative estimate of drug-likeness (QED) is 0.520. The molecule has 0 unspecified atom stereocenters. The molecule has 23 heavy (non-hydrogen) atoms. The maximum absolute atomic E-state index is 12.2. The predicted molar refractivity (Wildman–Crippen MR) is 77.9 cm³/mol. The van der Waals surface area contributed by atoms with Crippen molar-refractivity contribution in [2.75, 3.05) is 6.54 Å². The van der Waals surface area contributed by atoms with Crippen molar-refractivity contribution in [3.8, 4) is 11.3 Å². The molecule has 3 aromatic heterocycles. The van der Waals surface area contributed by atoms with E-state index in [1.54, 1.807) is 30.9 Å². The van der Waals surface area contributed by atoms with Crippen molar-refractivity contribution in [3.63, 3.8) is 0 Å². The SMILES string of the molecule is O=C(NCCCn1ccnc1)c1no[n+]([O-])c1-c1cccnc1. The number of hydrogen-bond donors (Lipinski definition) is 1. The smallest absolute Gasteiger partial charge is 0.313 e. The summed E-state index contributed by atoms with van der Waals surface area (Å²) in [6.07, 6.45) is 9.01. The maximum atomic E-state index is 12.2. The van der Waals surface area contributed by atoms with Crippen molar-refractivity contribution >= 4 is 5.91 Å². The van der Waals surface area contributed by atoms with Gasteiger partial charge < -0.3 is 15.1 Å². The van der Waals surface area contributed by atoms with Gasteiger partial charge in [0.15, 0.2) is 0 Å². The van der Waals surface area contributed by atoms with Gasteiger partial charge in [0.1, 0.15) is 0 Å². The average Bonchev–Trinajstić information content (AvgIpc) is 3.21. The monoisotopic (exact) mass is 314 g/mol. The number of pyridine rings is 1. The summed E-state index contributed by atoms with van der Waals surface area (Å²) >= 11 is 0. The minimum Gasteiger partial charge on any atom is -0.359 e. The highest BCUT2D eigenvalue weighted by Gasteiger charge is 2.27. The van der Waals surface area contributed by atoms with Crippen LogP contribution in [0.25, 0.3) is 11.3 Å². The molecule has 118 valence electrons. The third kappa shape index (κ3) is 3.34. The van der Waals surface area contributed by atoms with Gasteiger partial charge in [0.25, 0.3) is 0 Å². The van der Waals surface area contributed by atoms with E-state index < -0.39 is 5.91 Å². The Morgan fingerprint density at radius 2 is 2.30 bits per heavy atom. The molecule has 0 saturated carbocycles. The third-order valence-electron chi connectivity index (χ3n) is 3.20. The number of hydrogen-bond acceptors (Lipinski definition) is 6. The number of carbonyl (C=O) groups is 1. The number of amides is 1. The molecule has 9 nitrogen and oxygen atoms in total. The second-order valence-corrected chi connectivity index (χ2v) is 4.78. The van der Waals surface area contributed by atoms with Crippen molar-refractivity contribution < 1.29 is 14.3 Å². The second kappa shape index (κ2) is 6.69. The van der Waals surface area contributed by atoms with Gasteiger partial charge in [-0.05, 0) is 23.5 Å². The van der Waals surface area contributed by atoms with Crippen LogP contribution in [0.15, 0.2) is 47.9 Å². The number of aryl methyl sites for hydroxylation is 1. The van der Waals surface area contributed by atoms with Crippen molar-refractivity contribution in [3.05, 3.63) is 54.1 Å². The Morgan fingerprint density at radius 3 is 3.04 bits per heavy atom. The van der Waals surface area contributed by atoms with Crippen molar-refractivity contribution in [2.45, 2.75) is 13.0 Å². The minimum absolute atomic E-state index is 0.0465. The molecule has 0 atom stereocenters. The molecule has 0 aliphatic rings. The number of carbonyl (C=O) groups excluding carboxylic acids is 1. The lowest BCUT2D eigenvalue weighted by Gasteiger charge is -2.03. The highest BCUT2D eigenvalue weighted by Crippen LogP contribution is 2.17. The van der Waals surface area contributed by atoms with Gasteiger partial charge in [0.2, 0.25) is 5.69 Å². The van der Waals surface area contributed by atoms with E-state index >= 15 is 0 Å². The Labute approximate surface area is 131 Å². The van der Waals surface area contributed by atoms with Crippen LogP contribution in [0.4, 0.5) is 0 Å². The Morgan fingerprint density at radius 1 is 1.39 bits per heavy atom. The molecule has 0 aliphatic carbocycles. The molecular weight excluding hydrogens is 300 g/mol. The fraction of sp³-hybridized carbons (Fsp3) is 0.214. The van der Waals surface area contributed by atoms with Crippen LogP contribution >= 0.6 is 0 Å². The normalized spacial score (nSPS) is 10.6. The Balaban J connectivity index is 1.64. The molecule has 0 fully saturated rings. The average molecular weight is 314 g/mol. The Bertz CT molecular complexity index is 769. The molecule has 0 aliphatic heterocycles. The molecule has 1 amide bonds. The van der Waals surface area contributed by atoms with Crippen LogP contribution in [0.1, 0.15) is 16.9 Å². The van der Waals surface area contributed by atoms with Crippen LogP contribution in [-0.2, 0) is 6.54 Å². The fourth-order valence-corrected chi connectivity index (χ4v) is 2.11. The molecule has 0 saturated heterocycles. The first-order valence-corrected chi connectivity index (χ1v) is 7.00. The predicted octanol–water partition coefficient (Wildman–Crippen LogP) is 0.387. The number of aromatic nitrogens is 5. The van der Waals surface area contributed by atoms with Gasteiger partial charge in [-0.15, -0.1) is 0 Å². The zero-order chi connectivity index (χ0) is 16.1. The summed E-state index contributed by atoms with van der Waals surface area (Å²) in [7, 11) is 0. The second-order valence-electron chi connectivity index (χ2n) is 4.78. The summed E-state index contributed by atoms with van der Waals surface area (Å²) in [5, 5.41) is 18.0. The van der Waals surface area contributed by atoms with Gasteiger partial charge >= 0.3 is 11.6 Å². The van der Waals surface area contributed by atoms with Gasteiger partial charge in [0, 0.05) is 43.4 Å². The van der Waals surface area contributed by atoms with E-state index in [-0.39, 0.29) is 16.3 Å². The lowest BCUT2D eigenvalue weighted by Crippen LogP contribution is -2.29. The third-order valence-corrected chi connectivity index (χ3v) is 3.20. The number of nitrogens with zero attached hydrogens (tertiary/aromatic N) is 5. The van der Waals surface area contributed by atoms with Crippen LogP contribution in [-0.4, -0.2) is 32.1 Å². The van der Waals surface area contributed by atoms with E-state index in [2.05, 4.69) is 25.1 Å². The maximum Gasteiger partial charge on any atom is 0.313 e. The molecule has 3 rings (SSSR count). The lowest BCUT2D eigenvalue weighted by atomic mass is 10.1. The summed E-state index contributed by atoms with van der Waals surface area (Å²) in [5.41, 5.74) is 0.452. The fourth-order valence-electron chi connectivity index (χ4n) is 2.11. The molecule has 3 aromatic rings. The summed E-state index contributed by atoms with van der Waals surface area (Å²) in [6, 6.07) is 3.32. The molecule has 0 bridgehead atoms. The van der Waals surface area contributed by atoms with E-state index in [0.717, 1.165) is 13.0 Å². The van der Waals surface area contributed by atoms with Crippen molar-refractivity contribution in [2.24, 2.45) is 0 Å². The topological polar surface area (TPSA) is 113 Å². The van der Waals surface area contributed by atoms with Gasteiger partial charge in [-0.25, -0.2) is 4.98 Å². The highest BCUT2D eigenvalue weighted by atomic mass is 16.8. The van der Waals surface area contributed by atoms with E-state index in [9.17, 15) is 10.0 Å². The summed E-state index contributed by atoms with van der Waals surface area (Å²) in [5.74, 6) is -0.465. The molecule has 0 spiro atoms. The number of nitrogens with one attached hydrogen (secondary N) is 1. The van der Waals surface area contributed by atoms with E-state index in [1.165, 1.54) is 6.20 Å². The first kappa shape index (κ1) is 14.7. The lowest BCUT2D eigenvalue weighted by molar-refractivity contribution is -0.793. The highest BCUT2D eigenvalue weighted by molar-refractivity contribution is 5.96. The standard InChI is InChI=1S/C14H14N6O3/c21-14(17-5-2-7-19-8-6-16-10-19)12-13(20(22)23-18-12)11-3-1-4-15-9-11/h1,3-4,6,8-10H,2,5,7H2,(H,17,21). The molecule has 9 heteroatoms. The molecule has 1 N–H and O–H groups in total. The Kier molecular flexibility index (Phi) is 4.27. The largest absolute Gasteiger partial charge is 0.359 e. The summed E-state index contributed by atoms with van der Waals surface area (Å²) in [4.78, 5) is 20.3. The zero-order valence-electron chi connectivity index (χ0n) is 12.1. The minimum atomic E-state index is -0.465. The molecule has 3 heterocycles. The van der Waals surface area contributed by atoms with E-state index in [1.807, 2.05) is 10.8 Å². The first-order chi connectivity index (χ1) is 11.3. The van der Waals surface area contributed by atoms with E-state index in [0.29, 0.717) is 12.1 Å². The number of rotatable bonds is 6. The summed E-state index contributed by atoms with van der Waals surface area (Å²) < 4.78 is 6.46. The summed E-state index contributed by atoms with van der Waals surface area (Å²) in [6.45, 7) is 1.17.